The maximum Gasteiger partial charge on any atom is 0.269 e. The van der Waals surface area contributed by atoms with Gasteiger partial charge in [-0.25, -0.2) is 0 Å². The van der Waals surface area contributed by atoms with Crippen molar-refractivity contribution in [3.8, 4) is 0 Å². The van der Waals surface area contributed by atoms with Gasteiger partial charge in [0.25, 0.3) is 5.69 Å². The molecule has 0 bridgehead atoms. The predicted molar refractivity (Wildman–Crippen MR) is 115 cm³/mol. The molecule has 0 saturated carbocycles. The van der Waals surface area contributed by atoms with Gasteiger partial charge in [0.2, 0.25) is 0 Å². The van der Waals surface area contributed by atoms with Gasteiger partial charge in [-0.1, -0.05) is 23.4 Å². The van der Waals surface area contributed by atoms with E-state index in [0.717, 1.165) is 44.0 Å². The highest BCUT2D eigenvalue weighted by Gasteiger charge is 2.22. The molecule has 0 atom stereocenters. The van der Waals surface area contributed by atoms with E-state index in [2.05, 4.69) is 28.9 Å². The van der Waals surface area contributed by atoms with E-state index in [1.54, 1.807) is 30.1 Å². The van der Waals surface area contributed by atoms with Gasteiger partial charge in [-0.2, -0.15) is 0 Å². The molecule has 0 aliphatic carbocycles. The first kappa shape index (κ1) is 18.5. The second-order valence-corrected chi connectivity index (χ2v) is 7.74. The van der Waals surface area contributed by atoms with Crippen LogP contribution in [-0.2, 0) is 0 Å². The van der Waals surface area contributed by atoms with Crippen molar-refractivity contribution in [2.24, 2.45) is 4.99 Å². The fourth-order valence-electron chi connectivity index (χ4n) is 3.10. The Labute approximate surface area is 171 Å². The van der Waals surface area contributed by atoms with Gasteiger partial charge in [0, 0.05) is 39.7 Å². The zero-order valence-corrected chi connectivity index (χ0v) is 16.6. The van der Waals surface area contributed by atoms with E-state index in [1.807, 2.05) is 24.3 Å². The molecule has 0 fully saturated rings. The summed E-state index contributed by atoms with van der Waals surface area (Å²) in [6.45, 7) is 2.98. The first-order chi connectivity index (χ1) is 13.5. The zero-order chi connectivity index (χ0) is 19.7. The normalized spacial score (nSPS) is 12.7. The molecule has 4 rings (SSSR count). The lowest BCUT2D eigenvalue weighted by Gasteiger charge is -2.32. The molecule has 7 heteroatoms. The number of aliphatic imine (C=N–C) groups is 1. The molecular weight excluding hydrogens is 394 g/mol. The number of non-ortho nitro benzene ring substituents is 1. The summed E-state index contributed by atoms with van der Waals surface area (Å²) >= 11 is 7.86. The number of rotatable bonds is 4. The third-order valence-electron chi connectivity index (χ3n) is 4.45. The van der Waals surface area contributed by atoms with E-state index >= 15 is 0 Å². The van der Waals surface area contributed by atoms with Gasteiger partial charge in [0.1, 0.15) is 0 Å². The zero-order valence-electron chi connectivity index (χ0n) is 15.0. The highest BCUT2D eigenvalue weighted by Crippen LogP contribution is 2.49. The Kier molecular flexibility index (Phi) is 5.07. The minimum Gasteiger partial charge on any atom is -0.340 e. The summed E-state index contributed by atoms with van der Waals surface area (Å²) in [5.41, 5.74) is 4.01. The van der Waals surface area contributed by atoms with E-state index in [1.165, 1.54) is 12.1 Å². The van der Waals surface area contributed by atoms with E-state index in [9.17, 15) is 10.1 Å². The average Bonchev–Trinajstić information content (AvgIpc) is 2.70. The number of anilines is 2. The molecule has 0 spiro atoms. The van der Waals surface area contributed by atoms with Crippen LogP contribution in [0.4, 0.5) is 22.7 Å². The third-order valence-corrected chi connectivity index (χ3v) is 5.78. The third kappa shape index (κ3) is 3.61. The molecule has 3 aromatic rings. The van der Waals surface area contributed by atoms with Crippen molar-refractivity contribution in [1.29, 1.82) is 0 Å². The van der Waals surface area contributed by atoms with Crippen LogP contribution in [-0.4, -0.2) is 17.7 Å². The van der Waals surface area contributed by atoms with E-state index in [4.69, 9.17) is 11.6 Å². The second-order valence-electron chi connectivity index (χ2n) is 6.22. The monoisotopic (exact) mass is 409 g/mol. The summed E-state index contributed by atoms with van der Waals surface area (Å²) in [5.74, 6) is 0. The molecular formula is C21H16ClN3O2S. The smallest absolute Gasteiger partial charge is 0.269 e. The SMILES string of the molecule is CCN1c2ccc(Cl)cc2Sc2cc(N=Cc3ccc([N+](=O)[O-])cc3)ccc21. The van der Waals surface area contributed by atoms with Crippen LogP contribution in [0.1, 0.15) is 12.5 Å². The fourth-order valence-corrected chi connectivity index (χ4v) is 4.51. The first-order valence-corrected chi connectivity index (χ1v) is 9.92. The molecule has 1 aliphatic heterocycles. The highest BCUT2D eigenvalue weighted by atomic mass is 35.5. The second kappa shape index (κ2) is 7.66. The Hall–Kier alpha value is -2.83. The maximum absolute atomic E-state index is 10.7. The van der Waals surface area contributed by atoms with Gasteiger partial charge in [0.05, 0.1) is 22.0 Å². The fraction of sp³-hybridized carbons (Fsp3) is 0.0952. The lowest BCUT2D eigenvalue weighted by atomic mass is 10.2. The van der Waals surface area contributed by atoms with Crippen molar-refractivity contribution in [1.82, 2.24) is 0 Å². The molecule has 0 amide bonds. The molecule has 3 aromatic carbocycles. The Morgan fingerprint density at radius 2 is 1.75 bits per heavy atom. The van der Waals surface area contributed by atoms with Crippen molar-refractivity contribution in [2.75, 3.05) is 11.4 Å². The average molecular weight is 410 g/mol. The van der Waals surface area contributed by atoms with Crippen LogP contribution in [0.2, 0.25) is 5.02 Å². The largest absolute Gasteiger partial charge is 0.340 e. The van der Waals surface area contributed by atoms with Gasteiger partial charge in [0.15, 0.2) is 0 Å². The van der Waals surface area contributed by atoms with Crippen LogP contribution in [0, 0.1) is 10.1 Å². The topological polar surface area (TPSA) is 58.7 Å². The van der Waals surface area contributed by atoms with Gasteiger partial charge in [-0.15, -0.1) is 0 Å². The molecule has 0 N–H and O–H groups in total. The van der Waals surface area contributed by atoms with Crippen molar-refractivity contribution in [3.63, 3.8) is 0 Å². The number of nitrogens with zero attached hydrogens (tertiary/aromatic N) is 3. The molecule has 28 heavy (non-hydrogen) atoms. The standard InChI is InChI=1S/C21H16ClN3O2S/c1-2-24-18-9-5-15(22)11-20(18)28-21-12-16(6-10-19(21)24)23-13-14-3-7-17(8-4-14)25(26)27/h3-13H,2H2,1H3. The number of nitro groups is 1. The van der Waals surface area contributed by atoms with Gasteiger partial charge in [-0.05, 0) is 61.0 Å². The summed E-state index contributed by atoms with van der Waals surface area (Å²) in [7, 11) is 0. The minimum absolute atomic E-state index is 0.0688. The maximum atomic E-state index is 10.7. The number of hydrogen-bond acceptors (Lipinski definition) is 5. The van der Waals surface area contributed by atoms with Gasteiger partial charge >= 0.3 is 0 Å². The summed E-state index contributed by atoms with van der Waals surface area (Å²) in [6.07, 6.45) is 1.71. The Bertz CT molecular complexity index is 1080. The molecule has 1 heterocycles. The molecule has 0 unspecified atom stereocenters. The van der Waals surface area contributed by atoms with Crippen molar-refractivity contribution >= 4 is 52.3 Å². The molecule has 140 valence electrons. The van der Waals surface area contributed by atoms with Crippen LogP contribution in [0.3, 0.4) is 0 Å². The Morgan fingerprint density at radius 1 is 1.07 bits per heavy atom. The lowest BCUT2D eigenvalue weighted by molar-refractivity contribution is -0.384. The molecule has 0 radical (unpaired) electrons. The number of fused-ring (bicyclic) bond motifs is 2. The molecule has 0 saturated heterocycles. The van der Waals surface area contributed by atoms with Crippen LogP contribution in [0.5, 0.6) is 0 Å². The Morgan fingerprint density at radius 3 is 2.43 bits per heavy atom. The predicted octanol–water partition coefficient (Wildman–Crippen LogP) is 6.62. The van der Waals surface area contributed by atoms with Crippen molar-refractivity contribution < 1.29 is 4.92 Å². The summed E-state index contributed by atoms with van der Waals surface area (Å²) in [6, 6.07) is 18.4. The molecule has 5 nitrogen and oxygen atoms in total. The number of halogens is 1. The van der Waals surface area contributed by atoms with Gasteiger partial charge in [-0.3, -0.25) is 15.1 Å². The van der Waals surface area contributed by atoms with Gasteiger partial charge < -0.3 is 4.90 Å². The number of hydrogen-bond donors (Lipinski definition) is 0. The quantitative estimate of drug-likeness (QED) is 0.276. The van der Waals surface area contributed by atoms with E-state index in [0.29, 0.717) is 0 Å². The van der Waals surface area contributed by atoms with Crippen LogP contribution in [0.15, 0.2) is 75.4 Å². The van der Waals surface area contributed by atoms with Crippen molar-refractivity contribution in [3.05, 3.63) is 81.4 Å². The molecule has 1 aliphatic rings. The van der Waals surface area contributed by atoms with Crippen LogP contribution in [0.25, 0.3) is 0 Å². The Balaban J connectivity index is 1.62. The molecule has 0 aromatic heterocycles. The summed E-state index contributed by atoms with van der Waals surface area (Å²) in [5, 5.41) is 11.5. The number of benzene rings is 3. The highest BCUT2D eigenvalue weighted by molar-refractivity contribution is 7.99. The minimum atomic E-state index is -0.412. The lowest BCUT2D eigenvalue weighted by Crippen LogP contribution is -2.19. The van der Waals surface area contributed by atoms with E-state index < -0.39 is 4.92 Å². The number of nitro benzene ring substituents is 1. The first-order valence-electron chi connectivity index (χ1n) is 8.72. The summed E-state index contributed by atoms with van der Waals surface area (Å²) < 4.78 is 0. The van der Waals surface area contributed by atoms with Crippen molar-refractivity contribution in [2.45, 2.75) is 16.7 Å². The summed E-state index contributed by atoms with van der Waals surface area (Å²) in [4.78, 5) is 19.4. The van der Waals surface area contributed by atoms with Crippen LogP contribution < -0.4 is 4.90 Å². The van der Waals surface area contributed by atoms with Crippen LogP contribution >= 0.6 is 23.4 Å². The van der Waals surface area contributed by atoms with E-state index in [-0.39, 0.29) is 5.69 Å².